The summed E-state index contributed by atoms with van der Waals surface area (Å²) in [4.78, 5) is 16.5. The Labute approximate surface area is 96.9 Å². The van der Waals surface area contributed by atoms with Crippen molar-refractivity contribution in [2.75, 3.05) is 21.3 Å². The topological polar surface area (TPSA) is 38.8 Å². The van der Waals surface area contributed by atoms with Crippen LogP contribution in [0, 0.1) is 0 Å². The van der Waals surface area contributed by atoms with Crippen LogP contribution in [0.1, 0.15) is 10.4 Å². The van der Waals surface area contributed by atoms with Crippen molar-refractivity contribution >= 4 is 21.8 Å². The van der Waals surface area contributed by atoms with E-state index in [4.69, 9.17) is 9.57 Å². The number of hydroxylamine groups is 2. The molecule has 0 saturated heterocycles. The van der Waals surface area contributed by atoms with Gasteiger partial charge in [0.1, 0.15) is 5.75 Å². The molecule has 0 radical (unpaired) electrons. The lowest BCUT2D eigenvalue weighted by Gasteiger charge is -2.14. The van der Waals surface area contributed by atoms with Crippen LogP contribution in [0.2, 0.25) is 0 Å². The van der Waals surface area contributed by atoms with Gasteiger partial charge in [-0.15, -0.1) is 0 Å². The summed E-state index contributed by atoms with van der Waals surface area (Å²) in [7, 11) is 4.54. The third kappa shape index (κ3) is 2.70. The summed E-state index contributed by atoms with van der Waals surface area (Å²) in [6.45, 7) is 0. The van der Waals surface area contributed by atoms with Crippen molar-refractivity contribution < 1.29 is 14.4 Å². The number of halogens is 1. The van der Waals surface area contributed by atoms with E-state index in [1.54, 1.807) is 32.4 Å². The lowest BCUT2D eigenvalue weighted by atomic mass is 10.2. The first-order chi connectivity index (χ1) is 7.10. The number of rotatable bonds is 3. The number of methoxy groups -OCH3 is 1. The van der Waals surface area contributed by atoms with E-state index in [2.05, 4.69) is 15.9 Å². The van der Waals surface area contributed by atoms with Crippen LogP contribution in [0.5, 0.6) is 5.75 Å². The predicted octanol–water partition coefficient (Wildman–Crippen LogP) is 2.09. The Balaban J connectivity index is 3.01. The summed E-state index contributed by atoms with van der Waals surface area (Å²) < 4.78 is 5.90. The summed E-state index contributed by atoms with van der Waals surface area (Å²) in [5.74, 6) is 0.397. The largest absolute Gasteiger partial charge is 0.496 e. The van der Waals surface area contributed by atoms with E-state index < -0.39 is 0 Å². The van der Waals surface area contributed by atoms with Gasteiger partial charge < -0.3 is 4.74 Å². The quantitative estimate of drug-likeness (QED) is 0.792. The Morgan fingerprint density at radius 1 is 1.40 bits per heavy atom. The third-order valence-electron chi connectivity index (χ3n) is 1.96. The molecule has 0 unspecified atom stereocenters. The highest BCUT2D eigenvalue weighted by atomic mass is 79.9. The van der Waals surface area contributed by atoms with Crippen LogP contribution in [-0.2, 0) is 4.84 Å². The molecule has 0 aromatic heterocycles. The smallest absolute Gasteiger partial charge is 0.277 e. The van der Waals surface area contributed by atoms with Crippen LogP contribution < -0.4 is 4.74 Å². The van der Waals surface area contributed by atoms with Gasteiger partial charge in [0.25, 0.3) is 5.91 Å². The molecule has 0 heterocycles. The number of hydrogen-bond acceptors (Lipinski definition) is 3. The Hall–Kier alpha value is -1.07. The van der Waals surface area contributed by atoms with Gasteiger partial charge in [0.05, 0.1) is 18.7 Å². The fourth-order valence-electron chi connectivity index (χ4n) is 1.06. The molecule has 0 atom stereocenters. The van der Waals surface area contributed by atoms with E-state index in [0.717, 1.165) is 9.54 Å². The summed E-state index contributed by atoms with van der Waals surface area (Å²) >= 11 is 3.31. The molecular formula is C10H12BrNO3. The van der Waals surface area contributed by atoms with Gasteiger partial charge in [0.2, 0.25) is 0 Å². The van der Waals surface area contributed by atoms with E-state index in [0.29, 0.717) is 11.3 Å². The second-order valence-corrected chi connectivity index (χ2v) is 3.69. The normalized spacial score (nSPS) is 9.87. The Morgan fingerprint density at radius 3 is 2.60 bits per heavy atom. The van der Waals surface area contributed by atoms with E-state index in [1.807, 2.05) is 0 Å². The minimum absolute atomic E-state index is 0.219. The Morgan fingerprint density at radius 2 is 2.07 bits per heavy atom. The third-order valence-corrected chi connectivity index (χ3v) is 2.61. The molecule has 0 aliphatic heterocycles. The number of hydrogen-bond donors (Lipinski definition) is 0. The van der Waals surface area contributed by atoms with Crippen LogP contribution in [0.4, 0.5) is 0 Å². The summed E-state index contributed by atoms with van der Waals surface area (Å²) in [6, 6.07) is 5.11. The molecule has 5 heteroatoms. The molecule has 1 aromatic rings. The molecule has 1 aromatic carbocycles. The average molecular weight is 274 g/mol. The van der Waals surface area contributed by atoms with Crippen molar-refractivity contribution in [1.29, 1.82) is 0 Å². The number of carbonyl (C=O) groups excluding carboxylic acids is 1. The maximum absolute atomic E-state index is 11.7. The van der Waals surface area contributed by atoms with Crippen LogP contribution in [0.25, 0.3) is 0 Å². The van der Waals surface area contributed by atoms with Gasteiger partial charge in [-0.3, -0.25) is 9.63 Å². The zero-order valence-corrected chi connectivity index (χ0v) is 10.4. The highest BCUT2D eigenvalue weighted by molar-refractivity contribution is 9.10. The van der Waals surface area contributed by atoms with Gasteiger partial charge in [-0.2, -0.15) is 0 Å². The predicted molar refractivity (Wildman–Crippen MR) is 59.8 cm³/mol. The van der Waals surface area contributed by atoms with Gasteiger partial charge in [-0.25, -0.2) is 5.06 Å². The summed E-state index contributed by atoms with van der Waals surface area (Å²) in [5.41, 5.74) is 0.513. The summed E-state index contributed by atoms with van der Waals surface area (Å²) in [5, 5.41) is 1.16. The van der Waals surface area contributed by atoms with Gasteiger partial charge in [-0.05, 0) is 34.1 Å². The molecule has 15 heavy (non-hydrogen) atoms. The van der Waals surface area contributed by atoms with Crippen LogP contribution in [0.3, 0.4) is 0 Å². The lowest BCUT2D eigenvalue weighted by Crippen LogP contribution is -2.25. The first-order valence-corrected chi connectivity index (χ1v) is 5.05. The second kappa shape index (κ2) is 5.14. The van der Waals surface area contributed by atoms with Gasteiger partial charge in [-0.1, -0.05) is 0 Å². The SMILES string of the molecule is COc1cc(C(=O)N(C)OC)ccc1Br. The average Bonchev–Trinajstić information content (AvgIpc) is 2.27. The number of benzene rings is 1. The number of ether oxygens (including phenoxy) is 1. The molecule has 1 amide bonds. The first-order valence-electron chi connectivity index (χ1n) is 4.26. The van der Waals surface area contributed by atoms with Crippen molar-refractivity contribution in [2.24, 2.45) is 0 Å². The molecule has 0 saturated carbocycles. The fourth-order valence-corrected chi connectivity index (χ4v) is 1.47. The molecule has 0 spiro atoms. The molecule has 0 aliphatic carbocycles. The van der Waals surface area contributed by atoms with Crippen molar-refractivity contribution in [3.8, 4) is 5.75 Å². The molecule has 0 N–H and O–H groups in total. The maximum atomic E-state index is 11.7. The fraction of sp³-hybridized carbons (Fsp3) is 0.300. The number of amides is 1. The second-order valence-electron chi connectivity index (χ2n) is 2.83. The zero-order valence-electron chi connectivity index (χ0n) is 8.78. The summed E-state index contributed by atoms with van der Waals surface area (Å²) in [6.07, 6.45) is 0. The molecule has 4 nitrogen and oxygen atoms in total. The molecule has 82 valence electrons. The minimum Gasteiger partial charge on any atom is -0.496 e. The van der Waals surface area contributed by atoms with E-state index >= 15 is 0 Å². The van der Waals surface area contributed by atoms with Crippen molar-refractivity contribution in [3.05, 3.63) is 28.2 Å². The lowest BCUT2D eigenvalue weighted by molar-refractivity contribution is -0.0757. The monoisotopic (exact) mass is 273 g/mol. The standard InChI is InChI=1S/C10H12BrNO3/c1-12(15-3)10(13)7-4-5-8(11)9(6-7)14-2/h4-6H,1-3H3. The van der Waals surface area contributed by atoms with Crippen molar-refractivity contribution in [3.63, 3.8) is 0 Å². The number of nitrogens with zero attached hydrogens (tertiary/aromatic N) is 1. The molecule has 0 fully saturated rings. The van der Waals surface area contributed by atoms with E-state index in [-0.39, 0.29) is 5.91 Å². The van der Waals surface area contributed by atoms with Crippen molar-refractivity contribution in [1.82, 2.24) is 5.06 Å². The molecular weight excluding hydrogens is 262 g/mol. The highest BCUT2D eigenvalue weighted by Crippen LogP contribution is 2.25. The van der Waals surface area contributed by atoms with E-state index in [1.165, 1.54) is 7.11 Å². The van der Waals surface area contributed by atoms with Gasteiger partial charge >= 0.3 is 0 Å². The van der Waals surface area contributed by atoms with Gasteiger partial charge in [0.15, 0.2) is 0 Å². The minimum atomic E-state index is -0.219. The zero-order chi connectivity index (χ0) is 11.4. The Bertz CT molecular complexity index is 368. The van der Waals surface area contributed by atoms with E-state index in [9.17, 15) is 4.79 Å². The van der Waals surface area contributed by atoms with Gasteiger partial charge in [0, 0.05) is 12.6 Å². The number of carbonyl (C=O) groups is 1. The molecule has 0 aliphatic rings. The first kappa shape index (κ1) is 12.0. The van der Waals surface area contributed by atoms with Crippen molar-refractivity contribution in [2.45, 2.75) is 0 Å². The van der Waals surface area contributed by atoms with Crippen LogP contribution in [0.15, 0.2) is 22.7 Å². The highest BCUT2D eigenvalue weighted by Gasteiger charge is 2.13. The molecule has 0 bridgehead atoms. The van der Waals surface area contributed by atoms with Crippen LogP contribution in [-0.4, -0.2) is 32.2 Å². The maximum Gasteiger partial charge on any atom is 0.277 e. The Kier molecular flexibility index (Phi) is 4.11. The molecule has 1 rings (SSSR count). The van der Waals surface area contributed by atoms with Crippen LogP contribution >= 0.6 is 15.9 Å².